The monoisotopic (exact) mass is 267 g/mol. The SMILES string of the molecule is COC(=O)c1nc(C)sc1-c1ccccc1Cl. The summed E-state index contributed by atoms with van der Waals surface area (Å²) in [6, 6.07) is 7.36. The van der Waals surface area contributed by atoms with Crippen molar-refractivity contribution in [1.82, 2.24) is 4.98 Å². The standard InChI is InChI=1S/C12H10ClNO2S/c1-7-14-10(12(15)16-2)11(17-7)8-5-3-4-6-9(8)13/h3-6H,1-2H3. The number of rotatable bonds is 2. The van der Waals surface area contributed by atoms with E-state index in [2.05, 4.69) is 4.98 Å². The second kappa shape index (κ2) is 4.85. The van der Waals surface area contributed by atoms with Crippen molar-refractivity contribution in [2.75, 3.05) is 7.11 Å². The van der Waals surface area contributed by atoms with Crippen molar-refractivity contribution < 1.29 is 9.53 Å². The Labute approximate surface area is 108 Å². The van der Waals surface area contributed by atoms with Gasteiger partial charge >= 0.3 is 5.97 Å². The predicted octanol–water partition coefficient (Wildman–Crippen LogP) is 3.56. The van der Waals surface area contributed by atoms with Crippen molar-refractivity contribution >= 4 is 28.9 Å². The Hall–Kier alpha value is -1.39. The molecule has 0 spiro atoms. The molecule has 0 unspecified atom stereocenters. The molecule has 0 saturated heterocycles. The highest BCUT2D eigenvalue weighted by atomic mass is 35.5. The van der Waals surface area contributed by atoms with E-state index >= 15 is 0 Å². The molecule has 0 radical (unpaired) electrons. The van der Waals surface area contributed by atoms with Gasteiger partial charge in [0.15, 0.2) is 5.69 Å². The fraction of sp³-hybridized carbons (Fsp3) is 0.167. The summed E-state index contributed by atoms with van der Waals surface area (Å²) in [4.78, 5) is 16.5. The third-order valence-corrected chi connectivity index (χ3v) is 3.56. The molecule has 1 aromatic carbocycles. The van der Waals surface area contributed by atoms with Gasteiger partial charge in [0, 0.05) is 10.6 Å². The fourth-order valence-corrected chi connectivity index (χ4v) is 2.72. The number of thiazole rings is 1. The van der Waals surface area contributed by atoms with Crippen LogP contribution in [0.25, 0.3) is 10.4 Å². The molecule has 5 heteroatoms. The van der Waals surface area contributed by atoms with Crippen LogP contribution in [0.3, 0.4) is 0 Å². The van der Waals surface area contributed by atoms with Crippen LogP contribution in [0.15, 0.2) is 24.3 Å². The average molecular weight is 268 g/mol. The highest BCUT2D eigenvalue weighted by Gasteiger charge is 2.20. The van der Waals surface area contributed by atoms with E-state index in [1.165, 1.54) is 18.4 Å². The van der Waals surface area contributed by atoms with Crippen molar-refractivity contribution in [1.29, 1.82) is 0 Å². The van der Waals surface area contributed by atoms with Gasteiger partial charge in [-0.15, -0.1) is 11.3 Å². The van der Waals surface area contributed by atoms with Gasteiger partial charge in [-0.2, -0.15) is 0 Å². The quantitative estimate of drug-likeness (QED) is 0.781. The lowest BCUT2D eigenvalue weighted by Crippen LogP contribution is -2.03. The summed E-state index contributed by atoms with van der Waals surface area (Å²) in [5.41, 5.74) is 1.13. The van der Waals surface area contributed by atoms with Crippen LogP contribution in [0.4, 0.5) is 0 Å². The lowest BCUT2D eigenvalue weighted by molar-refractivity contribution is 0.0595. The topological polar surface area (TPSA) is 39.2 Å². The summed E-state index contributed by atoms with van der Waals surface area (Å²) in [5.74, 6) is -0.440. The molecule has 17 heavy (non-hydrogen) atoms. The summed E-state index contributed by atoms with van der Waals surface area (Å²) in [6.45, 7) is 1.84. The number of carbonyl (C=O) groups excluding carboxylic acids is 1. The number of esters is 1. The molecule has 88 valence electrons. The Bertz CT molecular complexity index is 565. The van der Waals surface area contributed by atoms with Crippen LogP contribution in [0.2, 0.25) is 5.02 Å². The summed E-state index contributed by atoms with van der Waals surface area (Å²) in [6.07, 6.45) is 0. The zero-order chi connectivity index (χ0) is 12.4. The molecule has 1 aromatic heterocycles. The Balaban J connectivity index is 2.60. The molecule has 0 bridgehead atoms. The van der Waals surface area contributed by atoms with E-state index in [0.717, 1.165) is 15.4 Å². The van der Waals surface area contributed by atoms with Crippen LogP contribution in [-0.2, 0) is 4.74 Å². The summed E-state index contributed by atoms with van der Waals surface area (Å²) in [7, 11) is 1.34. The summed E-state index contributed by atoms with van der Waals surface area (Å²) < 4.78 is 4.71. The molecular weight excluding hydrogens is 258 g/mol. The molecule has 0 aliphatic rings. The molecule has 0 fully saturated rings. The van der Waals surface area contributed by atoms with Gasteiger partial charge in [-0.3, -0.25) is 0 Å². The van der Waals surface area contributed by atoms with Crippen molar-refractivity contribution in [3.05, 3.63) is 40.0 Å². The molecule has 0 saturated carbocycles. The van der Waals surface area contributed by atoms with Gasteiger partial charge in [-0.1, -0.05) is 29.8 Å². The molecule has 0 aliphatic heterocycles. The Morgan fingerprint density at radius 1 is 1.41 bits per heavy atom. The molecule has 0 aliphatic carbocycles. The van der Waals surface area contributed by atoms with Crippen molar-refractivity contribution in [3.8, 4) is 10.4 Å². The van der Waals surface area contributed by atoms with Crippen LogP contribution < -0.4 is 0 Å². The van der Waals surface area contributed by atoms with E-state index in [4.69, 9.17) is 16.3 Å². The molecule has 0 atom stereocenters. The minimum atomic E-state index is -0.440. The number of hydrogen-bond acceptors (Lipinski definition) is 4. The van der Waals surface area contributed by atoms with Crippen molar-refractivity contribution in [2.24, 2.45) is 0 Å². The van der Waals surface area contributed by atoms with Gasteiger partial charge in [0.2, 0.25) is 0 Å². The number of methoxy groups -OCH3 is 1. The molecule has 0 N–H and O–H groups in total. The molecule has 2 aromatic rings. The zero-order valence-electron chi connectivity index (χ0n) is 9.36. The summed E-state index contributed by atoms with van der Waals surface area (Å²) in [5, 5.41) is 1.40. The van der Waals surface area contributed by atoms with E-state index in [9.17, 15) is 4.79 Å². The first-order valence-electron chi connectivity index (χ1n) is 4.94. The van der Waals surface area contributed by atoms with Gasteiger partial charge in [-0.05, 0) is 13.0 Å². The third kappa shape index (κ3) is 2.33. The fourth-order valence-electron chi connectivity index (χ4n) is 1.49. The molecule has 2 rings (SSSR count). The van der Waals surface area contributed by atoms with Gasteiger partial charge in [0.1, 0.15) is 0 Å². The number of halogens is 1. The summed E-state index contributed by atoms with van der Waals surface area (Å²) >= 11 is 7.54. The van der Waals surface area contributed by atoms with Gasteiger partial charge < -0.3 is 4.74 Å². The van der Waals surface area contributed by atoms with Crippen LogP contribution in [0, 0.1) is 6.92 Å². The lowest BCUT2D eigenvalue weighted by atomic mass is 10.1. The van der Waals surface area contributed by atoms with Crippen LogP contribution >= 0.6 is 22.9 Å². The maximum atomic E-state index is 11.6. The third-order valence-electron chi connectivity index (χ3n) is 2.23. The minimum Gasteiger partial charge on any atom is -0.464 e. The van der Waals surface area contributed by atoms with Gasteiger partial charge in [0.25, 0.3) is 0 Å². The van der Waals surface area contributed by atoms with Gasteiger partial charge in [0.05, 0.1) is 17.0 Å². The Morgan fingerprint density at radius 3 is 2.76 bits per heavy atom. The Morgan fingerprint density at radius 2 is 2.12 bits per heavy atom. The van der Waals surface area contributed by atoms with E-state index in [1.54, 1.807) is 6.07 Å². The number of benzene rings is 1. The molecule has 3 nitrogen and oxygen atoms in total. The molecular formula is C12H10ClNO2S. The van der Waals surface area contributed by atoms with E-state index in [-0.39, 0.29) is 0 Å². The normalized spacial score (nSPS) is 10.3. The van der Waals surface area contributed by atoms with E-state index < -0.39 is 5.97 Å². The first-order chi connectivity index (χ1) is 8.13. The predicted molar refractivity (Wildman–Crippen MR) is 68.6 cm³/mol. The highest BCUT2D eigenvalue weighted by Crippen LogP contribution is 2.35. The number of carbonyl (C=O) groups is 1. The minimum absolute atomic E-state index is 0.322. The Kier molecular flexibility index (Phi) is 3.45. The maximum absolute atomic E-state index is 11.6. The average Bonchev–Trinajstić information content (AvgIpc) is 2.71. The number of nitrogens with zero attached hydrogens (tertiary/aromatic N) is 1. The first kappa shape index (κ1) is 12.1. The molecule has 0 amide bonds. The van der Waals surface area contributed by atoms with Crippen LogP contribution in [0.5, 0.6) is 0 Å². The second-order valence-electron chi connectivity index (χ2n) is 3.38. The first-order valence-corrected chi connectivity index (χ1v) is 6.13. The second-order valence-corrected chi connectivity index (χ2v) is 4.99. The smallest absolute Gasteiger partial charge is 0.358 e. The van der Waals surface area contributed by atoms with E-state index in [1.807, 2.05) is 25.1 Å². The van der Waals surface area contributed by atoms with Crippen molar-refractivity contribution in [3.63, 3.8) is 0 Å². The zero-order valence-corrected chi connectivity index (χ0v) is 10.9. The van der Waals surface area contributed by atoms with E-state index in [0.29, 0.717) is 10.7 Å². The van der Waals surface area contributed by atoms with Crippen LogP contribution in [0.1, 0.15) is 15.5 Å². The van der Waals surface area contributed by atoms with Crippen molar-refractivity contribution in [2.45, 2.75) is 6.92 Å². The number of ether oxygens (including phenoxy) is 1. The lowest BCUT2D eigenvalue weighted by Gasteiger charge is -2.02. The number of aromatic nitrogens is 1. The van der Waals surface area contributed by atoms with Gasteiger partial charge in [-0.25, -0.2) is 9.78 Å². The maximum Gasteiger partial charge on any atom is 0.358 e. The van der Waals surface area contributed by atoms with Crippen LogP contribution in [-0.4, -0.2) is 18.1 Å². The largest absolute Gasteiger partial charge is 0.464 e. The molecule has 1 heterocycles. The highest BCUT2D eigenvalue weighted by molar-refractivity contribution is 7.15. The number of aryl methyl sites for hydroxylation is 1. The number of hydrogen-bond donors (Lipinski definition) is 0.